The molecule has 1 aliphatic carbocycles. The molecule has 0 saturated heterocycles. The molecule has 38 heavy (non-hydrogen) atoms. The van der Waals surface area contributed by atoms with Crippen molar-refractivity contribution in [1.82, 2.24) is 10.2 Å². The molecule has 1 fully saturated rings. The van der Waals surface area contributed by atoms with Gasteiger partial charge in [-0.15, -0.1) is 11.8 Å². The largest absolute Gasteiger partial charge is 0.352 e. The molecule has 1 N–H and O–H groups in total. The number of halogens is 2. The van der Waals surface area contributed by atoms with Crippen LogP contribution in [0.1, 0.15) is 48.8 Å². The topological polar surface area (TPSA) is 49.4 Å². The van der Waals surface area contributed by atoms with Gasteiger partial charge < -0.3 is 10.2 Å². The molecule has 1 saturated carbocycles. The molecule has 3 aromatic rings. The highest BCUT2D eigenvalue weighted by atomic mass is 35.5. The van der Waals surface area contributed by atoms with Gasteiger partial charge in [0.05, 0.1) is 5.75 Å². The molecule has 200 valence electrons. The predicted octanol–water partition coefficient (Wildman–Crippen LogP) is 6.80. The number of benzene rings is 3. The average molecular weight is 553 g/mol. The lowest BCUT2D eigenvalue weighted by molar-refractivity contribution is -0.139. The van der Waals surface area contributed by atoms with Crippen LogP contribution < -0.4 is 5.32 Å². The Morgan fingerprint density at radius 2 is 1.61 bits per heavy atom. The quantitative estimate of drug-likeness (QED) is 0.284. The van der Waals surface area contributed by atoms with Crippen molar-refractivity contribution in [2.24, 2.45) is 0 Å². The Labute approximate surface area is 234 Å². The molecule has 1 atom stereocenters. The first-order valence-corrected chi connectivity index (χ1v) is 14.7. The monoisotopic (exact) mass is 552 g/mol. The predicted molar refractivity (Wildman–Crippen MR) is 154 cm³/mol. The summed E-state index contributed by atoms with van der Waals surface area (Å²) in [6.07, 6.45) is 5.76. The van der Waals surface area contributed by atoms with Gasteiger partial charge in [-0.2, -0.15) is 0 Å². The van der Waals surface area contributed by atoms with E-state index in [0.29, 0.717) is 17.2 Å². The highest BCUT2D eigenvalue weighted by Crippen LogP contribution is 2.23. The third kappa shape index (κ3) is 8.34. The Morgan fingerprint density at radius 3 is 2.32 bits per heavy atom. The Bertz CT molecular complexity index is 1190. The molecule has 0 radical (unpaired) electrons. The molecule has 4 rings (SSSR count). The molecule has 0 aliphatic heterocycles. The van der Waals surface area contributed by atoms with Gasteiger partial charge in [0.2, 0.25) is 11.8 Å². The van der Waals surface area contributed by atoms with E-state index < -0.39 is 6.04 Å². The molecule has 7 heteroatoms. The fourth-order valence-electron chi connectivity index (χ4n) is 4.83. The second-order valence-corrected chi connectivity index (χ2v) is 11.2. The maximum absolute atomic E-state index is 13.8. The van der Waals surface area contributed by atoms with E-state index in [1.54, 1.807) is 23.1 Å². The molecule has 0 unspecified atom stereocenters. The SMILES string of the molecule is O=C(NC1CCCCC1)[C@@H](Cc1ccccc1)N(Cc1ccccc1Cl)C(=O)CSCc1ccc(F)cc1. The zero-order chi connectivity index (χ0) is 26.7. The molecule has 2 amide bonds. The molecule has 0 aromatic heterocycles. The summed E-state index contributed by atoms with van der Waals surface area (Å²) >= 11 is 7.95. The van der Waals surface area contributed by atoms with Gasteiger partial charge in [0.1, 0.15) is 11.9 Å². The molecule has 0 heterocycles. The molecular formula is C31H34ClFN2O2S. The van der Waals surface area contributed by atoms with Gasteiger partial charge in [0, 0.05) is 29.8 Å². The number of nitrogens with one attached hydrogen (secondary N) is 1. The smallest absolute Gasteiger partial charge is 0.243 e. The number of amides is 2. The van der Waals surface area contributed by atoms with Crippen LogP contribution in [0.2, 0.25) is 5.02 Å². The second-order valence-electron chi connectivity index (χ2n) is 9.78. The lowest BCUT2D eigenvalue weighted by Crippen LogP contribution is -2.53. The van der Waals surface area contributed by atoms with Gasteiger partial charge in [0.15, 0.2) is 0 Å². The maximum atomic E-state index is 13.8. The van der Waals surface area contributed by atoms with E-state index in [-0.39, 0.29) is 36.0 Å². The van der Waals surface area contributed by atoms with Crippen LogP contribution >= 0.6 is 23.4 Å². The van der Waals surface area contributed by atoms with Crippen LogP contribution in [0, 0.1) is 5.82 Å². The number of carbonyl (C=O) groups is 2. The molecule has 4 nitrogen and oxygen atoms in total. The van der Waals surface area contributed by atoms with Crippen LogP contribution in [-0.4, -0.2) is 34.6 Å². The van der Waals surface area contributed by atoms with Gasteiger partial charge in [-0.1, -0.05) is 91.5 Å². The molecule has 3 aromatic carbocycles. The van der Waals surface area contributed by atoms with Gasteiger partial charge in [0.25, 0.3) is 0 Å². The van der Waals surface area contributed by atoms with Crippen LogP contribution in [0.3, 0.4) is 0 Å². The standard InChI is InChI=1S/C31H34ClFN2O2S/c32-28-14-8-7-11-25(28)20-35(30(36)22-38-21-24-15-17-26(33)18-16-24)29(19-23-9-3-1-4-10-23)31(37)34-27-12-5-2-6-13-27/h1,3-4,7-11,14-18,27,29H,2,5-6,12-13,19-22H2,(H,34,37)/t29-/m1/s1. The average Bonchev–Trinajstić information content (AvgIpc) is 2.93. The first-order chi connectivity index (χ1) is 18.5. The maximum Gasteiger partial charge on any atom is 0.243 e. The Morgan fingerprint density at radius 1 is 0.921 bits per heavy atom. The van der Waals surface area contributed by atoms with Crippen LogP contribution in [0.5, 0.6) is 0 Å². The first kappa shape index (κ1) is 28.2. The minimum Gasteiger partial charge on any atom is -0.352 e. The number of hydrogen-bond acceptors (Lipinski definition) is 3. The van der Waals surface area contributed by atoms with Gasteiger partial charge in [-0.05, 0) is 47.7 Å². The number of hydrogen-bond donors (Lipinski definition) is 1. The molecule has 1 aliphatic rings. The Hall–Kier alpha value is -2.83. The van der Waals surface area contributed by atoms with Crippen molar-refractivity contribution in [3.8, 4) is 0 Å². The molecular weight excluding hydrogens is 519 g/mol. The van der Waals surface area contributed by atoms with Crippen molar-refractivity contribution in [3.05, 3.63) is 106 Å². The lowest BCUT2D eigenvalue weighted by Gasteiger charge is -2.33. The van der Waals surface area contributed by atoms with Crippen LogP contribution in [-0.2, 0) is 28.3 Å². The second kappa shape index (κ2) is 14.4. The summed E-state index contributed by atoms with van der Waals surface area (Å²) in [7, 11) is 0. The van der Waals surface area contributed by atoms with Crippen LogP contribution in [0.25, 0.3) is 0 Å². The van der Waals surface area contributed by atoms with Gasteiger partial charge >= 0.3 is 0 Å². The zero-order valence-corrected chi connectivity index (χ0v) is 23.0. The minimum absolute atomic E-state index is 0.121. The van der Waals surface area contributed by atoms with Crippen molar-refractivity contribution >= 4 is 35.2 Å². The first-order valence-electron chi connectivity index (χ1n) is 13.2. The van der Waals surface area contributed by atoms with Crippen molar-refractivity contribution in [3.63, 3.8) is 0 Å². The van der Waals surface area contributed by atoms with E-state index in [1.165, 1.54) is 30.3 Å². The van der Waals surface area contributed by atoms with Crippen molar-refractivity contribution in [2.75, 3.05) is 5.75 Å². The molecule has 0 bridgehead atoms. The summed E-state index contributed by atoms with van der Waals surface area (Å²) in [4.78, 5) is 29.2. The minimum atomic E-state index is -0.672. The summed E-state index contributed by atoms with van der Waals surface area (Å²) in [5.41, 5.74) is 2.74. The highest BCUT2D eigenvalue weighted by Gasteiger charge is 2.32. The van der Waals surface area contributed by atoms with E-state index in [0.717, 1.165) is 42.4 Å². The van der Waals surface area contributed by atoms with Crippen LogP contribution in [0.15, 0.2) is 78.9 Å². The van der Waals surface area contributed by atoms with Gasteiger partial charge in [-0.25, -0.2) is 4.39 Å². The Kier molecular flexibility index (Phi) is 10.6. The number of carbonyl (C=O) groups excluding carboxylic acids is 2. The van der Waals surface area contributed by atoms with E-state index in [9.17, 15) is 14.0 Å². The number of nitrogens with zero attached hydrogens (tertiary/aromatic N) is 1. The third-order valence-electron chi connectivity index (χ3n) is 6.93. The summed E-state index contributed by atoms with van der Waals surface area (Å²) in [5.74, 6) is 0.239. The van der Waals surface area contributed by atoms with Crippen molar-refractivity contribution in [2.45, 2.75) is 62.9 Å². The fourth-order valence-corrected chi connectivity index (χ4v) is 5.89. The summed E-state index contributed by atoms with van der Waals surface area (Å²) in [6.45, 7) is 0.241. The summed E-state index contributed by atoms with van der Waals surface area (Å²) in [6, 6.07) is 23.0. The summed E-state index contributed by atoms with van der Waals surface area (Å²) < 4.78 is 13.3. The normalized spacial score (nSPS) is 14.6. The van der Waals surface area contributed by atoms with E-state index >= 15 is 0 Å². The fraction of sp³-hybridized carbons (Fsp3) is 0.355. The van der Waals surface area contributed by atoms with E-state index in [2.05, 4.69) is 5.32 Å². The van der Waals surface area contributed by atoms with E-state index in [1.807, 2.05) is 48.5 Å². The number of thioether (sulfide) groups is 1. The number of rotatable bonds is 11. The highest BCUT2D eigenvalue weighted by molar-refractivity contribution is 7.99. The Balaban J connectivity index is 1.56. The lowest BCUT2D eigenvalue weighted by atomic mass is 9.94. The van der Waals surface area contributed by atoms with Crippen molar-refractivity contribution in [1.29, 1.82) is 0 Å². The van der Waals surface area contributed by atoms with E-state index in [4.69, 9.17) is 11.6 Å². The molecule has 0 spiro atoms. The van der Waals surface area contributed by atoms with Crippen LogP contribution in [0.4, 0.5) is 4.39 Å². The zero-order valence-electron chi connectivity index (χ0n) is 21.5. The summed E-state index contributed by atoms with van der Waals surface area (Å²) in [5, 5.41) is 3.82. The van der Waals surface area contributed by atoms with Crippen molar-refractivity contribution < 1.29 is 14.0 Å². The van der Waals surface area contributed by atoms with Gasteiger partial charge in [-0.3, -0.25) is 9.59 Å². The third-order valence-corrected chi connectivity index (χ3v) is 8.29.